The van der Waals surface area contributed by atoms with Crippen LogP contribution in [0.15, 0.2) is 47.1 Å². The number of hydrogen-bond acceptors (Lipinski definition) is 3. The number of aliphatic hydroxyl groups is 1. The maximum absolute atomic E-state index is 10.3. The average Bonchev–Trinajstić information content (AvgIpc) is 2.45. The van der Waals surface area contributed by atoms with Gasteiger partial charge < -0.3 is 9.84 Å². The van der Waals surface area contributed by atoms with Crippen LogP contribution in [0.5, 0.6) is 5.75 Å². The van der Waals surface area contributed by atoms with Gasteiger partial charge in [0.2, 0.25) is 0 Å². The first-order chi connectivity index (χ1) is 9.22. The lowest BCUT2D eigenvalue weighted by Crippen LogP contribution is -2.03. The van der Waals surface area contributed by atoms with E-state index >= 15 is 0 Å². The zero-order valence-corrected chi connectivity index (χ0v) is 12.3. The molecule has 0 aliphatic rings. The van der Waals surface area contributed by atoms with E-state index in [0.717, 1.165) is 22.2 Å². The molecule has 1 aromatic carbocycles. The van der Waals surface area contributed by atoms with Gasteiger partial charge in [0, 0.05) is 10.7 Å². The average molecular weight is 322 g/mol. The Balaban J connectivity index is 2.16. The largest absolute Gasteiger partial charge is 0.494 e. The fourth-order valence-electron chi connectivity index (χ4n) is 1.72. The molecule has 0 amide bonds. The molecule has 2 rings (SSSR count). The van der Waals surface area contributed by atoms with Crippen molar-refractivity contribution < 1.29 is 9.84 Å². The quantitative estimate of drug-likeness (QED) is 0.912. The molecule has 1 atom stereocenters. The molecule has 1 N–H and O–H groups in total. The SMILES string of the molecule is CCCOc1ccc(C(O)c2ncccc2Br)cc1. The summed E-state index contributed by atoms with van der Waals surface area (Å²) in [6, 6.07) is 11.1. The van der Waals surface area contributed by atoms with Crippen LogP contribution >= 0.6 is 15.9 Å². The number of hydrogen-bond donors (Lipinski definition) is 1. The van der Waals surface area contributed by atoms with E-state index in [1.807, 2.05) is 36.4 Å². The highest BCUT2D eigenvalue weighted by Gasteiger charge is 2.14. The van der Waals surface area contributed by atoms with Crippen LogP contribution in [0.2, 0.25) is 0 Å². The minimum absolute atomic E-state index is 0.615. The first-order valence-electron chi connectivity index (χ1n) is 6.23. The Morgan fingerprint density at radius 3 is 2.63 bits per heavy atom. The molecule has 1 heterocycles. The van der Waals surface area contributed by atoms with Crippen molar-refractivity contribution in [3.63, 3.8) is 0 Å². The van der Waals surface area contributed by atoms with E-state index in [9.17, 15) is 5.11 Å². The second-order valence-corrected chi connectivity index (χ2v) is 5.04. The van der Waals surface area contributed by atoms with Gasteiger partial charge in [-0.05, 0) is 52.2 Å². The normalized spacial score (nSPS) is 12.2. The van der Waals surface area contributed by atoms with Gasteiger partial charge in [-0.3, -0.25) is 4.98 Å². The lowest BCUT2D eigenvalue weighted by atomic mass is 10.1. The molecule has 0 spiro atoms. The van der Waals surface area contributed by atoms with Gasteiger partial charge in [0.15, 0.2) is 0 Å². The summed E-state index contributed by atoms with van der Waals surface area (Å²) in [6.45, 7) is 2.77. The van der Waals surface area contributed by atoms with Gasteiger partial charge >= 0.3 is 0 Å². The van der Waals surface area contributed by atoms with E-state index in [1.54, 1.807) is 6.20 Å². The molecule has 19 heavy (non-hydrogen) atoms. The second kappa shape index (κ2) is 6.68. The van der Waals surface area contributed by atoms with Crippen LogP contribution in [0.3, 0.4) is 0 Å². The molecule has 0 fully saturated rings. The van der Waals surface area contributed by atoms with Crippen molar-refractivity contribution >= 4 is 15.9 Å². The third-order valence-electron chi connectivity index (χ3n) is 2.71. The van der Waals surface area contributed by atoms with Gasteiger partial charge in [-0.2, -0.15) is 0 Å². The summed E-state index contributed by atoms with van der Waals surface area (Å²) in [7, 11) is 0. The molecule has 0 aliphatic carbocycles. The van der Waals surface area contributed by atoms with Crippen molar-refractivity contribution in [2.24, 2.45) is 0 Å². The minimum Gasteiger partial charge on any atom is -0.494 e. The Hall–Kier alpha value is -1.39. The molecule has 3 nitrogen and oxygen atoms in total. The number of aliphatic hydroxyl groups excluding tert-OH is 1. The Kier molecular flexibility index (Phi) is 4.93. The first kappa shape index (κ1) is 14.0. The summed E-state index contributed by atoms with van der Waals surface area (Å²) in [5, 5.41) is 10.3. The van der Waals surface area contributed by atoms with Crippen LogP contribution in [0.4, 0.5) is 0 Å². The van der Waals surface area contributed by atoms with Gasteiger partial charge in [0.25, 0.3) is 0 Å². The predicted octanol–water partition coefficient (Wildman–Crippen LogP) is 3.71. The van der Waals surface area contributed by atoms with Crippen molar-refractivity contribution in [1.29, 1.82) is 0 Å². The van der Waals surface area contributed by atoms with Gasteiger partial charge in [0.05, 0.1) is 12.3 Å². The van der Waals surface area contributed by atoms with Gasteiger partial charge in [0.1, 0.15) is 11.9 Å². The van der Waals surface area contributed by atoms with Crippen molar-refractivity contribution in [2.45, 2.75) is 19.4 Å². The second-order valence-electron chi connectivity index (χ2n) is 4.19. The molecule has 1 aromatic heterocycles. The van der Waals surface area contributed by atoms with E-state index in [4.69, 9.17) is 4.74 Å². The molecule has 1 unspecified atom stereocenters. The molecule has 100 valence electrons. The smallest absolute Gasteiger partial charge is 0.122 e. The molecule has 0 bridgehead atoms. The number of halogens is 1. The maximum atomic E-state index is 10.3. The number of ether oxygens (including phenoxy) is 1. The molecular weight excluding hydrogens is 306 g/mol. The highest BCUT2D eigenvalue weighted by Crippen LogP contribution is 2.27. The zero-order valence-electron chi connectivity index (χ0n) is 10.7. The van der Waals surface area contributed by atoms with Crippen molar-refractivity contribution in [3.05, 3.63) is 58.3 Å². The molecule has 0 aliphatic heterocycles. The van der Waals surface area contributed by atoms with Gasteiger partial charge in [-0.25, -0.2) is 0 Å². The van der Waals surface area contributed by atoms with Crippen LogP contribution < -0.4 is 4.74 Å². The van der Waals surface area contributed by atoms with E-state index in [-0.39, 0.29) is 0 Å². The third kappa shape index (κ3) is 3.55. The number of pyridine rings is 1. The summed E-state index contributed by atoms with van der Waals surface area (Å²) in [5.41, 5.74) is 1.41. The van der Waals surface area contributed by atoms with Crippen LogP contribution in [-0.4, -0.2) is 16.7 Å². The van der Waals surface area contributed by atoms with E-state index < -0.39 is 6.10 Å². The summed E-state index contributed by atoms with van der Waals surface area (Å²) in [6.07, 6.45) is 1.91. The van der Waals surface area contributed by atoms with Crippen LogP contribution in [0.25, 0.3) is 0 Å². The Morgan fingerprint density at radius 2 is 2.00 bits per heavy atom. The summed E-state index contributed by atoms with van der Waals surface area (Å²) in [5.74, 6) is 0.817. The number of rotatable bonds is 5. The van der Waals surface area contributed by atoms with Crippen molar-refractivity contribution in [2.75, 3.05) is 6.61 Å². The Labute approximate surface area is 121 Å². The summed E-state index contributed by atoms with van der Waals surface area (Å²) in [4.78, 5) is 4.20. The Morgan fingerprint density at radius 1 is 1.26 bits per heavy atom. The topological polar surface area (TPSA) is 42.4 Å². The standard InChI is InChI=1S/C15H16BrNO2/c1-2-10-19-12-7-5-11(6-8-12)15(18)14-13(16)4-3-9-17-14/h3-9,15,18H,2,10H2,1H3. The summed E-state index contributed by atoms with van der Waals surface area (Å²) >= 11 is 3.40. The van der Waals surface area contributed by atoms with Gasteiger partial charge in [-0.15, -0.1) is 0 Å². The van der Waals surface area contributed by atoms with Crippen LogP contribution in [-0.2, 0) is 0 Å². The molecule has 0 saturated carbocycles. The fourth-order valence-corrected chi connectivity index (χ4v) is 2.20. The number of benzene rings is 1. The minimum atomic E-state index is -0.740. The monoisotopic (exact) mass is 321 g/mol. The molecule has 4 heteroatoms. The Bertz CT molecular complexity index is 528. The molecule has 0 saturated heterocycles. The highest BCUT2D eigenvalue weighted by atomic mass is 79.9. The maximum Gasteiger partial charge on any atom is 0.122 e. The highest BCUT2D eigenvalue weighted by molar-refractivity contribution is 9.10. The molecule has 0 radical (unpaired) electrons. The zero-order chi connectivity index (χ0) is 13.7. The van der Waals surface area contributed by atoms with Crippen LogP contribution in [0.1, 0.15) is 30.7 Å². The number of nitrogens with zero attached hydrogens (tertiary/aromatic N) is 1. The summed E-state index contributed by atoms with van der Waals surface area (Å²) < 4.78 is 6.31. The lowest BCUT2D eigenvalue weighted by molar-refractivity contribution is 0.214. The van der Waals surface area contributed by atoms with Crippen molar-refractivity contribution in [3.8, 4) is 5.75 Å². The fraction of sp³-hybridized carbons (Fsp3) is 0.267. The van der Waals surface area contributed by atoms with Gasteiger partial charge in [-0.1, -0.05) is 19.1 Å². The third-order valence-corrected chi connectivity index (χ3v) is 3.39. The lowest BCUT2D eigenvalue weighted by Gasteiger charge is -2.13. The van der Waals surface area contributed by atoms with Crippen LogP contribution in [0, 0.1) is 0 Å². The first-order valence-corrected chi connectivity index (χ1v) is 7.03. The molecule has 2 aromatic rings. The van der Waals surface area contributed by atoms with E-state index in [0.29, 0.717) is 12.3 Å². The van der Waals surface area contributed by atoms with E-state index in [1.165, 1.54) is 0 Å². The number of aromatic nitrogens is 1. The van der Waals surface area contributed by atoms with Crippen molar-refractivity contribution in [1.82, 2.24) is 4.98 Å². The van der Waals surface area contributed by atoms with E-state index in [2.05, 4.69) is 27.8 Å². The predicted molar refractivity (Wildman–Crippen MR) is 78.2 cm³/mol. The molecular formula is C15H16BrNO2.